The molecule has 2 aliphatic heterocycles. The van der Waals surface area contributed by atoms with Crippen molar-refractivity contribution in [2.45, 2.75) is 50.0 Å². The number of nitrogens with zero attached hydrogens (tertiary/aromatic N) is 5. The van der Waals surface area contributed by atoms with Crippen molar-refractivity contribution in [1.29, 1.82) is 0 Å². The van der Waals surface area contributed by atoms with Gasteiger partial charge in [-0.1, -0.05) is 12.5 Å². The number of fused-ring (bicyclic) bond motifs is 2. The van der Waals surface area contributed by atoms with E-state index in [1.54, 1.807) is 24.1 Å². The summed E-state index contributed by atoms with van der Waals surface area (Å²) in [6.07, 6.45) is 5.23. The van der Waals surface area contributed by atoms with Gasteiger partial charge in [0.1, 0.15) is 17.7 Å². The summed E-state index contributed by atoms with van der Waals surface area (Å²) in [6.45, 7) is 0. The number of aryl methyl sites for hydroxylation is 1. The van der Waals surface area contributed by atoms with Crippen LogP contribution < -0.4 is 15.8 Å². The first kappa shape index (κ1) is 22.4. The number of phenols is 1. The molecule has 0 radical (unpaired) electrons. The van der Waals surface area contributed by atoms with Crippen molar-refractivity contribution < 1.29 is 13.9 Å². The fourth-order valence-corrected chi connectivity index (χ4v) is 4.98. The molecule has 0 saturated carbocycles. The fraction of sp³-hybridized carbons (Fsp3) is 0.417. The second-order valence-corrected chi connectivity index (χ2v) is 9.12. The second kappa shape index (κ2) is 8.75. The van der Waals surface area contributed by atoms with Crippen LogP contribution in [-0.4, -0.2) is 56.2 Å². The van der Waals surface area contributed by atoms with Crippen LogP contribution in [0.25, 0.3) is 22.5 Å². The lowest BCUT2D eigenvalue weighted by atomic mass is 9.82. The molecule has 178 valence electrons. The number of alkyl halides is 1. The van der Waals surface area contributed by atoms with E-state index in [0.29, 0.717) is 29.4 Å². The van der Waals surface area contributed by atoms with Crippen LogP contribution in [-0.2, 0) is 7.05 Å². The monoisotopic (exact) mass is 468 g/mol. The maximum absolute atomic E-state index is 15.1. The van der Waals surface area contributed by atoms with Gasteiger partial charge in [-0.15, -0.1) is 10.2 Å². The van der Waals surface area contributed by atoms with Crippen molar-refractivity contribution in [2.24, 2.45) is 7.05 Å². The van der Waals surface area contributed by atoms with E-state index < -0.39 is 12.0 Å². The number of rotatable bonds is 4. The second-order valence-electron chi connectivity index (χ2n) is 9.12. The largest absolute Gasteiger partial charge is 0.507 e. The molecule has 3 aromatic rings. The highest BCUT2D eigenvalue weighted by Crippen LogP contribution is 2.34. The number of hydrogen-bond donors (Lipinski definition) is 2. The molecule has 4 atom stereocenters. The van der Waals surface area contributed by atoms with E-state index in [2.05, 4.69) is 20.5 Å². The van der Waals surface area contributed by atoms with E-state index in [-0.39, 0.29) is 34.8 Å². The van der Waals surface area contributed by atoms with Gasteiger partial charge >= 0.3 is 0 Å². The van der Waals surface area contributed by atoms with Gasteiger partial charge in [0.2, 0.25) is 0 Å². The van der Waals surface area contributed by atoms with Gasteiger partial charge in [0.15, 0.2) is 11.6 Å². The van der Waals surface area contributed by atoms with Crippen molar-refractivity contribution >= 4 is 5.82 Å². The molecule has 1 aromatic carbocycles. The normalized spacial score (nSPS) is 24.1. The molecule has 34 heavy (non-hydrogen) atoms. The molecule has 4 heterocycles. The molecule has 2 saturated heterocycles. The first-order chi connectivity index (χ1) is 16.3. The van der Waals surface area contributed by atoms with E-state index in [9.17, 15) is 14.3 Å². The molecule has 5 rings (SSSR count). The topological polar surface area (TPSA) is 96.2 Å². The molecule has 0 spiro atoms. The number of aromatic hydroxyl groups is 1. The Morgan fingerprint density at radius 2 is 2.03 bits per heavy atom. The SMILES string of the molecule is CN(c1cnc(-c2ccc(-c3cc(=O)n(C)cc3F)cc2O)nn1)[C@H]1C[C@H]2CCC[C@H](N2)[C@H]1F. The number of nitrogens with one attached hydrogen (secondary N) is 1. The molecule has 10 heteroatoms. The fourth-order valence-electron chi connectivity index (χ4n) is 4.98. The molecule has 2 bridgehead atoms. The molecule has 2 N–H and O–H groups in total. The Bertz CT molecular complexity index is 1270. The minimum Gasteiger partial charge on any atom is -0.507 e. The number of hydrogen-bond acceptors (Lipinski definition) is 7. The van der Waals surface area contributed by atoms with Gasteiger partial charge in [0.25, 0.3) is 5.56 Å². The molecule has 0 aliphatic carbocycles. The van der Waals surface area contributed by atoms with Crippen LogP contribution in [0, 0.1) is 5.82 Å². The molecule has 0 amide bonds. The quantitative estimate of drug-likeness (QED) is 0.608. The Balaban J connectivity index is 1.37. The summed E-state index contributed by atoms with van der Waals surface area (Å²) in [4.78, 5) is 18.0. The highest BCUT2D eigenvalue weighted by Gasteiger charge is 2.42. The molecule has 0 unspecified atom stereocenters. The summed E-state index contributed by atoms with van der Waals surface area (Å²) in [5.74, 6) is -0.109. The molecular formula is C24H26F2N6O2. The Morgan fingerprint density at radius 1 is 1.21 bits per heavy atom. The Kier molecular flexibility index (Phi) is 5.76. The standard InChI is InChI=1S/C24H26F2N6O2/c1-31-12-17(25)16(10-22(31)34)13-6-7-15(20(33)8-13)24-27-11-21(29-30-24)32(2)19-9-14-4-3-5-18(28-14)23(19)26/h6-8,10-12,14,18-19,23,28,33H,3-5,9H2,1-2H3/t14-,18+,19+,23-/m1/s1. The third kappa shape index (κ3) is 4.02. The van der Waals surface area contributed by atoms with E-state index in [4.69, 9.17) is 0 Å². The van der Waals surface area contributed by atoms with Crippen LogP contribution in [0.4, 0.5) is 14.6 Å². The Hall–Kier alpha value is -3.40. The molecule has 2 fully saturated rings. The van der Waals surface area contributed by atoms with Gasteiger partial charge in [-0.05, 0) is 37.0 Å². The van der Waals surface area contributed by atoms with E-state index in [1.807, 2.05) is 0 Å². The third-order valence-corrected chi connectivity index (χ3v) is 6.93. The molecule has 8 nitrogen and oxygen atoms in total. The predicted octanol–water partition coefficient (Wildman–Crippen LogP) is 2.81. The first-order valence-electron chi connectivity index (χ1n) is 11.3. The predicted molar refractivity (Wildman–Crippen MR) is 124 cm³/mol. The summed E-state index contributed by atoms with van der Waals surface area (Å²) in [7, 11) is 3.26. The van der Waals surface area contributed by atoms with Gasteiger partial charge < -0.3 is 19.9 Å². The average molecular weight is 469 g/mol. The summed E-state index contributed by atoms with van der Waals surface area (Å²) in [5, 5.41) is 22.3. The molecule has 2 aliphatic rings. The van der Waals surface area contributed by atoms with Gasteiger partial charge in [-0.3, -0.25) is 4.79 Å². The summed E-state index contributed by atoms with van der Waals surface area (Å²) >= 11 is 0. The number of benzene rings is 1. The Morgan fingerprint density at radius 3 is 2.76 bits per heavy atom. The zero-order chi connectivity index (χ0) is 24.0. The lowest BCUT2D eigenvalue weighted by molar-refractivity contribution is 0.107. The minimum absolute atomic E-state index is 0.0912. The summed E-state index contributed by atoms with van der Waals surface area (Å²) in [5.41, 5.74) is 0.397. The highest BCUT2D eigenvalue weighted by atomic mass is 19.1. The number of anilines is 1. The van der Waals surface area contributed by atoms with Crippen LogP contribution in [0.1, 0.15) is 25.7 Å². The minimum atomic E-state index is -1.00. The lowest BCUT2D eigenvalue weighted by Gasteiger charge is -2.45. The maximum atomic E-state index is 15.1. The van der Waals surface area contributed by atoms with Crippen molar-refractivity contribution in [3.8, 4) is 28.3 Å². The summed E-state index contributed by atoms with van der Waals surface area (Å²) < 4.78 is 30.5. The first-order valence-corrected chi connectivity index (χ1v) is 11.3. The smallest absolute Gasteiger partial charge is 0.251 e. The zero-order valence-corrected chi connectivity index (χ0v) is 18.9. The van der Waals surface area contributed by atoms with Gasteiger partial charge in [-0.25, -0.2) is 13.8 Å². The molecule has 2 aromatic heterocycles. The van der Waals surface area contributed by atoms with Crippen molar-refractivity contribution in [3.63, 3.8) is 0 Å². The maximum Gasteiger partial charge on any atom is 0.251 e. The number of aromatic nitrogens is 4. The lowest BCUT2D eigenvalue weighted by Crippen LogP contribution is -2.61. The van der Waals surface area contributed by atoms with Gasteiger partial charge in [0.05, 0.1) is 17.8 Å². The Labute approximate surface area is 195 Å². The van der Waals surface area contributed by atoms with E-state index >= 15 is 4.39 Å². The number of piperidine rings is 2. The van der Waals surface area contributed by atoms with Gasteiger partial charge in [0, 0.05) is 44.0 Å². The van der Waals surface area contributed by atoms with Crippen molar-refractivity contribution in [2.75, 3.05) is 11.9 Å². The van der Waals surface area contributed by atoms with Crippen molar-refractivity contribution in [3.05, 3.63) is 52.8 Å². The van der Waals surface area contributed by atoms with Crippen LogP contribution in [0.15, 0.2) is 41.5 Å². The van der Waals surface area contributed by atoms with Crippen LogP contribution >= 0.6 is 0 Å². The van der Waals surface area contributed by atoms with Crippen LogP contribution in [0.3, 0.4) is 0 Å². The average Bonchev–Trinajstić information content (AvgIpc) is 2.83. The van der Waals surface area contributed by atoms with Gasteiger partial charge in [-0.2, -0.15) is 0 Å². The number of halogens is 2. The zero-order valence-electron chi connectivity index (χ0n) is 18.9. The van der Waals surface area contributed by atoms with Crippen LogP contribution in [0.2, 0.25) is 0 Å². The van der Waals surface area contributed by atoms with E-state index in [0.717, 1.165) is 30.0 Å². The third-order valence-electron chi connectivity index (χ3n) is 6.93. The van der Waals surface area contributed by atoms with E-state index in [1.165, 1.54) is 25.4 Å². The number of phenolic OH excluding ortho intramolecular Hbond substituents is 1. The van der Waals surface area contributed by atoms with Crippen LogP contribution in [0.5, 0.6) is 5.75 Å². The highest BCUT2D eigenvalue weighted by molar-refractivity contribution is 5.73. The van der Waals surface area contributed by atoms with Crippen molar-refractivity contribution in [1.82, 2.24) is 25.1 Å². The number of pyridine rings is 1. The molecular weight excluding hydrogens is 442 g/mol. The summed E-state index contributed by atoms with van der Waals surface area (Å²) in [6, 6.07) is 5.54.